The molecule has 4 amide bonds. The van der Waals surface area contributed by atoms with Crippen LogP contribution in [0.4, 0.5) is 18.0 Å². The Hall–Kier alpha value is -3.47. The van der Waals surface area contributed by atoms with Crippen LogP contribution < -0.4 is 5.32 Å². The molecule has 2 aromatic rings. The van der Waals surface area contributed by atoms with Gasteiger partial charge in [0, 0.05) is 38.9 Å². The lowest BCUT2D eigenvalue weighted by Gasteiger charge is -2.35. The number of carbonyl (C=O) groups excluding carboxylic acids is 3. The molecule has 0 radical (unpaired) electrons. The molecule has 1 atom stereocenters. The number of rotatable bonds is 6. The van der Waals surface area contributed by atoms with Gasteiger partial charge in [0.2, 0.25) is 5.91 Å². The molecule has 33 heavy (non-hydrogen) atoms. The first-order valence-corrected chi connectivity index (χ1v) is 10.4. The fourth-order valence-corrected chi connectivity index (χ4v) is 3.94. The van der Waals surface area contributed by atoms with Crippen molar-refractivity contribution < 1.29 is 27.6 Å². The molecule has 3 heterocycles. The summed E-state index contributed by atoms with van der Waals surface area (Å²) in [6.45, 7) is 1.53. The van der Waals surface area contributed by atoms with Crippen molar-refractivity contribution >= 4 is 17.8 Å². The number of benzene rings is 1. The number of fused-ring (bicyclic) bond motifs is 1. The molecule has 2 aliphatic rings. The summed E-state index contributed by atoms with van der Waals surface area (Å²) in [5.41, 5.74) is 0.449. The summed E-state index contributed by atoms with van der Waals surface area (Å²) in [7, 11) is 0. The molecule has 2 aliphatic heterocycles. The van der Waals surface area contributed by atoms with E-state index in [1.165, 1.54) is 11.0 Å². The Morgan fingerprint density at radius 1 is 1.06 bits per heavy atom. The number of aromatic nitrogens is 1. The summed E-state index contributed by atoms with van der Waals surface area (Å²) in [5.74, 6) is -1.01. The number of hydrogen-bond acceptors (Lipinski definition) is 5. The van der Waals surface area contributed by atoms with Crippen LogP contribution in [0.1, 0.15) is 16.8 Å². The highest BCUT2D eigenvalue weighted by Crippen LogP contribution is 2.27. The van der Waals surface area contributed by atoms with Crippen LogP contribution in [0.5, 0.6) is 0 Å². The van der Waals surface area contributed by atoms with Crippen molar-refractivity contribution in [2.75, 3.05) is 26.2 Å². The Kier molecular flexibility index (Phi) is 6.32. The van der Waals surface area contributed by atoms with Crippen LogP contribution in [0.25, 0.3) is 0 Å². The van der Waals surface area contributed by atoms with Gasteiger partial charge in [-0.25, -0.2) is 4.79 Å². The second-order valence-electron chi connectivity index (χ2n) is 7.96. The molecule has 1 aromatic heterocycles. The van der Waals surface area contributed by atoms with Crippen molar-refractivity contribution in [3.8, 4) is 0 Å². The quantitative estimate of drug-likeness (QED) is 0.664. The van der Waals surface area contributed by atoms with Crippen LogP contribution in [-0.4, -0.2) is 69.8 Å². The molecular weight excluding hydrogens is 439 g/mol. The van der Waals surface area contributed by atoms with E-state index in [1.807, 2.05) is 30.3 Å². The molecule has 1 unspecified atom stereocenters. The van der Waals surface area contributed by atoms with E-state index in [0.717, 1.165) is 22.7 Å². The molecular formula is C22H22F3N5O3. The van der Waals surface area contributed by atoms with E-state index in [-0.39, 0.29) is 6.54 Å². The van der Waals surface area contributed by atoms with Crippen molar-refractivity contribution in [3.63, 3.8) is 0 Å². The largest absolute Gasteiger partial charge is 0.433 e. The summed E-state index contributed by atoms with van der Waals surface area (Å²) in [4.78, 5) is 45.7. The number of piperazine rings is 1. The molecule has 0 aliphatic carbocycles. The van der Waals surface area contributed by atoms with Crippen LogP contribution in [-0.2, 0) is 28.9 Å². The maximum Gasteiger partial charge on any atom is 0.433 e. The molecule has 2 fully saturated rings. The van der Waals surface area contributed by atoms with Gasteiger partial charge in [-0.3, -0.25) is 24.4 Å². The second-order valence-corrected chi connectivity index (χ2v) is 7.96. The van der Waals surface area contributed by atoms with Gasteiger partial charge in [0.1, 0.15) is 18.3 Å². The number of nitrogens with zero attached hydrogens (tertiary/aromatic N) is 4. The number of nitrogens with one attached hydrogen (secondary N) is 1. The Morgan fingerprint density at radius 2 is 1.82 bits per heavy atom. The number of imide groups is 1. The van der Waals surface area contributed by atoms with E-state index >= 15 is 0 Å². The highest BCUT2D eigenvalue weighted by molar-refractivity contribution is 6.06. The minimum absolute atomic E-state index is 0.0712. The number of carbonyl (C=O) groups is 3. The third-order valence-corrected chi connectivity index (χ3v) is 5.65. The van der Waals surface area contributed by atoms with Gasteiger partial charge < -0.3 is 10.2 Å². The standard InChI is InChI=1S/C22H22F3N5O3/c23-22(24,25)18-7-6-16(10-26-18)11-27-19(31)14-30-20(32)17-13-28(8-9-29(17)21(30)33)12-15-4-2-1-3-5-15/h1-7,10,17H,8-9,11-14H2,(H,27,31). The zero-order valence-corrected chi connectivity index (χ0v) is 17.6. The maximum absolute atomic E-state index is 12.8. The number of halogens is 3. The van der Waals surface area contributed by atoms with E-state index < -0.39 is 42.3 Å². The number of amides is 4. The van der Waals surface area contributed by atoms with Crippen LogP contribution in [0, 0.1) is 0 Å². The summed E-state index contributed by atoms with van der Waals surface area (Å²) in [6, 6.07) is 10.7. The molecule has 1 N–H and O–H groups in total. The Bertz CT molecular complexity index is 1030. The van der Waals surface area contributed by atoms with Gasteiger partial charge in [-0.1, -0.05) is 36.4 Å². The average Bonchev–Trinajstić information content (AvgIpc) is 3.02. The minimum Gasteiger partial charge on any atom is -0.350 e. The number of urea groups is 1. The van der Waals surface area contributed by atoms with E-state index in [0.29, 0.717) is 31.7 Å². The van der Waals surface area contributed by atoms with Crippen molar-refractivity contribution in [2.45, 2.75) is 25.3 Å². The molecule has 8 nitrogen and oxygen atoms in total. The Balaban J connectivity index is 1.31. The Morgan fingerprint density at radius 3 is 2.48 bits per heavy atom. The molecule has 4 rings (SSSR count). The minimum atomic E-state index is -4.54. The van der Waals surface area contributed by atoms with Crippen LogP contribution in [0.3, 0.4) is 0 Å². The highest BCUT2D eigenvalue weighted by atomic mass is 19.4. The fraction of sp³-hybridized carbons (Fsp3) is 0.364. The van der Waals surface area contributed by atoms with Gasteiger partial charge in [-0.2, -0.15) is 13.2 Å². The molecule has 0 saturated carbocycles. The highest BCUT2D eigenvalue weighted by Gasteiger charge is 2.48. The van der Waals surface area contributed by atoms with Gasteiger partial charge >= 0.3 is 12.2 Å². The third kappa shape index (κ3) is 5.14. The molecule has 0 bridgehead atoms. The number of pyridine rings is 1. The van der Waals surface area contributed by atoms with Gasteiger partial charge in [0.05, 0.1) is 0 Å². The van der Waals surface area contributed by atoms with Crippen LogP contribution in [0.15, 0.2) is 48.7 Å². The van der Waals surface area contributed by atoms with Gasteiger partial charge in [-0.05, 0) is 17.2 Å². The predicted octanol–water partition coefficient (Wildman–Crippen LogP) is 1.87. The lowest BCUT2D eigenvalue weighted by Crippen LogP contribution is -2.52. The van der Waals surface area contributed by atoms with E-state index in [2.05, 4.69) is 15.2 Å². The zero-order chi connectivity index (χ0) is 23.6. The smallest absolute Gasteiger partial charge is 0.350 e. The van der Waals surface area contributed by atoms with Crippen molar-refractivity contribution in [3.05, 3.63) is 65.5 Å². The molecule has 2 saturated heterocycles. The molecule has 1 aromatic carbocycles. The summed E-state index contributed by atoms with van der Waals surface area (Å²) < 4.78 is 37.8. The third-order valence-electron chi connectivity index (χ3n) is 5.65. The monoisotopic (exact) mass is 461 g/mol. The van der Waals surface area contributed by atoms with E-state index in [1.54, 1.807) is 0 Å². The summed E-state index contributed by atoms with van der Waals surface area (Å²) >= 11 is 0. The fourth-order valence-electron chi connectivity index (χ4n) is 3.94. The number of hydrogen-bond donors (Lipinski definition) is 1. The van der Waals surface area contributed by atoms with Crippen LogP contribution in [0.2, 0.25) is 0 Å². The lowest BCUT2D eigenvalue weighted by atomic mass is 10.1. The first-order chi connectivity index (χ1) is 15.7. The SMILES string of the molecule is O=C(CN1C(=O)C2CN(Cc3ccccc3)CCN2C1=O)NCc1ccc(C(F)(F)F)nc1. The summed E-state index contributed by atoms with van der Waals surface area (Å²) in [5, 5.41) is 2.51. The van der Waals surface area contributed by atoms with Crippen molar-refractivity contribution in [1.82, 2.24) is 25.0 Å². The first kappa shape index (κ1) is 22.7. The van der Waals surface area contributed by atoms with Crippen molar-refractivity contribution in [1.29, 1.82) is 0 Å². The topological polar surface area (TPSA) is 85.9 Å². The zero-order valence-electron chi connectivity index (χ0n) is 17.6. The normalized spacial score (nSPS) is 19.1. The maximum atomic E-state index is 12.8. The van der Waals surface area contributed by atoms with Gasteiger partial charge in [0.15, 0.2) is 0 Å². The number of alkyl halides is 3. The van der Waals surface area contributed by atoms with Gasteiger partial charge in [0.25, 0.3) is 5.91 Å². The summed E-state index contributed by atoms with van der Waals surface area (Å²) in [6.07, 6.45) is -3.52. The van der Waals surface area contributed by atoms with E-state index in [9.17, 15) is 27.6 Å². The molecule has 11 heteroatoms. The van der Waals surface area contributed by atoms with Crippen molar-refractivity contribution in [2.24, 2.45) is 0 Å². The van der Waals surface area contributed by atoms with Crippen LogP contribution >= 0.6 is 0 Å². The second kappa shape index (κ2) is 9.18. The first-order valence-electron chi connectivity index (χ1n) is 10.4. The lowest BCUT2D eigenvalue weighted by molar-refractivity contribution is -0.141. The van der Waals surface area contributed by atoms with Gasteiger partial charge in [-0.15, -0.1) is 0 Å². The Labute approximate surface area is 188 Å². The molecule has 0 spiro atoms. The van der Waals surface area contributed by atoms with E-state index in [4.69, 9.17) is 0 Å². The molecule has 174 valence electrons. The predicted molar refractivity (Wildman–Crippen MR) is 110 cm³/mol. The average molecular weight is 461 g/mol.